The quantitative estimate of drug-likeness (QED) is 0.730. The zero-order valence-electron chi connectivity index (χ0n) is 13.2. The third-order valence-corrected chi connectivity index (χ3v) is 4.03. The van der Waals surface area contributed by atoms with Crippen LogP contribution in [-0.4, -0.2) is 27.3 Å². The zero-order chi connectivity index (χ0) is 17.8. The highest BCUT2D eigenvalue weighted by molar-refractivity contribution is 6.30. The number of nitrogens with one attached hydrogen (secondary N) is 1. The summed E-state index contributed by atoms with van der Waals surface area (Å²) < 4.78 is 1.29. The van der Waals surface area contributed by atoms with Crippen molar-refractivity contribution in [1.29, 1.82) is 0 Å². The molecule has 0 saturated heterocycles. The van der Waals surface area contributed by atoms with Crippen LogP contribution in [0.2, 0.25) is 5.02 Å². The summed E-state index contributed by atoms with van der Waals surface area (Å²) in [6, 6.07) is 13.6. The molecular formula is C18H16ClN3O3. The van der Waals surface area contributed by atoms with Crippen LogP contribution in [0.1, 0.15) is 11.7 Å². The Morgan fingerprint density at radius 2 is 2.04 bits per heavy atom. The van der Waals surface area contributed by atoms with Gasteiger partial charge in [-0.15, -0.1) is 0 Å². The van der Waals surface area contributed by atoms with Crippen LogP contribution in [0.5, 0.6) is 0 Å². The number of carbonyl (C=O) groups is 1. The molecule has 6 nitrogen and oxygen atoms in total. The van der Waals surface area contributed by atoms with E-state index in [2.05, 4.69) is 10.4 Å². The summed E-state index contributed by atoms with van der Waals surface area (Å²) in [6.07, 6.45) is 0.291. The molecule has 1 aromatic heterocycles. The molecule has 2 N–H and O–H groups in total. The zero-order valence-corrected chi connectivity index (χ0v) is 14.0. The molecule has 128 valence electrons. The minimum absolute atomic E-state index is 0.168. The molecule has 0 unspecified atom stereocenters. The fraction of sp³-hybridized carbons (Fsp3) is 0.167. The lowest BCUT2D eigenvalue weighted by molar-refractivity contribution is -0.129. The molecule has 0 saturated carbocycles. The Morgan fingerprint density at radius 1 is 1.24 bits per heavy atom. The second-order valence-electron chi connectivity index (χ2n) is 5.51. The van der Waals surface area contributed by atoms with Crippen molar-refractivity contribution in [3.8, 4) is 0 Å². The van der Waals surface area contributed by atoms with Gasteiger partial charge in [-0.05, 0) is 23.8 Å². The number of rotatable bonds is 5. The van der Waals surface area contributed by atoms with Crippen LogP contribution >= 0.6 is 11.6 Å². The highest BCUT2D eigenvalue weighted by atomic mass is 35.5. The van der Waals surface area contributed by atoms with Crippen molar-refractivity contribution in [1.82, 2.24) is 15.1 Å². The first-order chi connectivity index (χ1) is 12.1. The predicted molar refractivity (Wildman–Crippen MR) is 95.4 cm³/mol. The first kappa shape index (κ1) is 17.1. The summed E-state index contributed by atoms with van der Waals surface area (Å²) in [5.41, 5.74) is 0.189. The normalized spacial score (nSPS) is 12.1. The molecule has 3 aromatic rings. The molecule has 3 rings (SSSR count). The first-order valence-electron chi connectivity index (χ1n) is 7.72. The van der Waals surface area contributed by atoms with Crippen molar-refractivity contribution < 1.29 is 9.90 Å². The van der Waals surface area contributed by atoms with Crippen LogP contribution in [0.4, 0.5) is 0 Å². The van der Waals surface area contributed by atoms with Crippen molar-refractivity contribution in [2.24, 2.45) is 0 Å². The topological polar surface area (TPSA) is 84.2 Å². The summed E-state index contributed by atoms with van der Waals surface area (Å²) in [4.78, 5) is 24.4. The number of aliphatic hydroxyl groups is 1. The van der Waals surface area contributed by atoms with Crippen LogP contribution in [0, 0.1) is 0 Å². The van der Waals surface area contributed by atoms with Gasteiger partial charge in [-0.2, -0.15) is 5.10 Å². The van der Waals surface area contributed by atoms with Gasteiger partial charge in [0.1, 0.15) is 0 Å². The first-order valence-corrected chi connectivity index (χ1v) is 8.10. The molecule has 0 aliphatic carbocycles. The molecule has 7 heteroatoms. The van der Waals surface area contributed by atoms with E-state index in [1.165, 1.54) is 10.7 Å². The van der Waals surface area contributed by atoms with E-state index >= 15 is 0 Å². The minimum Gasteiger partial charge on any atom is -0.378 e. The van der Waals surface area contributed by atoms with Crippen LogP contribution in [-0.2, 0) is 11.3 Å². The van der Waals surface area contributed by atoms with E-state index in [1.54, 1.807) is 36.5 Å². The lowest BCUT2D eigenvalue weighted by Crippen LogP contribution is -2.34. The molecule has 0 radical (unpaired) electrons. The maximum Gasteiger partial charge on any atom is 0.274 e. The minimum atomic E-state index is -1.32. The molecule has 1 heterocycles. The highest BCUT2D eigenvalue weighted by Crippen LogP contribution is 2.17. The van der Waals surface area contributed by atoms with E-state index in [4.69, 9.17) is 11.6 Å². The highest BCUT2D eigenvalue weighted by Gasteiger charge is 2.17. The molecule has 1 atom stereocenters. The number of aromatic nitrogens is 2. The Kier molecular flexibility index (Phi) is 5.11. The van der Waals surface area contributed by atoms with Crippen LogP contribution in [0.25, 0.3) is 10.8 Å². The van der Waals surface area contributed by atoms with Crippen molar-refractivity contribution >= 4 is 28.3 Å². The number of aliphatic hydroxyl groups excluding tert-OH is 1. The second kappa shape index (κ2) is 7.46. The summed E-state index contributed by atoms with van der Waals surface area (Å²) in [5, 5.41) is 18.5. The number of amides is 1. The van der Waals surface area contributed by atoms with E-state index in [0.29, 0.717) is 16.0 Å². The van der Waals surface area contributed by atoms with Crippen molar-refractivity contribution in [2.45, 2.75) is 12.6 Å². The molecule has 0 spiro atoms. The van der Waals surface area contributed by atoms with Gasteiger partial charge in [0.25, 0.3) is 11.5 Å². The molecule has 0 aliphatic rings. The second-order valence-corrected chi connectivity index (χ2v) is 5.95. The van der Waals surface area contributed by atoms with Crippen LogP contribution < -0.4 is 10.9 Å². The average molecular weight is 358 g/mol. The fourth-order valence-corrected chi connectivity index (χ4v) is 2.70. The number of fused-ring (bicyclic) bond motifs is 1. The average Bonchev–Trinajstić information content (AvgIpc) is 2.63. The SMILES string of the molecule is O=C(NCCn1ncc2ccccc2c1=O)[C@H](O)c1cccc(Cl)c1. The molecule has 0 aliphatic heterocycles. The smallest absolute Gasteiger partial charge is 0.274 e. The Morgan fingerprint density at radius 3 is 2.84 bits per heavy atom. The Labute approximate surface area is 148 Å². The van der Waals surface area contributed by atoms with E-state index in [1.807, 2.05) is 12.1 Å². The molecule has 25 heavy (non-hydrogen) atoms. The number of hydrogen-bond donors (Lipinski definition) is 2. The fourth-order valence-electron chi connectivity index (χ4n) is 2.50. The van der Waals surface area contributed by atoms with Crippen molar-refractivity contribution in [2.75, 3.05) is 6.54 Å². The number of carbonyl (C=O) groups excluding carboxylic acids is 1. The van der Waals surface area contributed by atoms with E-state index < -0.39 is 12.0 Å². The lowest BCUT2D eigenvalue weighted by atomic mass is 10.1. The third-order valence-electron chi connectivity index (χ3n) is 3.80. The van der Waals surface area contributed by atoms with Crippen molar-refractivity contribution in [3.05, 3.63) is 75.7 Å². The summed E-state index contributed by atoms with van der Waals surface area (Å²) in [7, 11) is 0. The monoisotopic (exact) mass is 357 g/mol. The lowest BCUT2D eigenvalue weighted by Gasteiger charge is -2.12. The van der Waals surface area contributed by atoms with E-state index in [9.17, 15) is 14.7 Å². The van der Waals surface area contributed by atoms with Gasteiger partial charge >= 0.3 is 0 Å². The van der Waals surface area contributed by atoms with Gasteiger partial charge in [0, 0.05) is 17.0 Å². The number of nitrogens with zero attached hydrogens (tertiary/aromatic N) is 2. The van der Waals surface area contributed by atoms with Gasteiger partial charge in [0.15, 0.2) is 6.10 Å². The number of hydrogen-bond acceptors (Lipinski definition) is 4. The van der Waals surface area contributed by atoms with Crippen LogP contribution in [0.15, 0.2) is 59.5 Å². The Bertz CT molecular complexity index is 971. The summed E-state index contributed by atoms with van der Waals surface area (Å²) in [6.45, 7) is 0.374. The van der Waals surface area contributed by atoms with Gasteiger partial charge in [-0.25, -0.2) is 4.68 Å². The maximum absolute atomic E-state index is 12.3. The summed E-state index contributed by atoms with van der Waals surface area (Å²) in [5.74, 6) is -0.559. The van der Waals surface area contributed by atoms with E-state index in [-0.39, 0.29) is 18.6 Å². The van der Waals surface area contributed by atoms with Crippen molar-refractivity contribution in [3.63, 3.8) is 0 Å². The van der Waals surface area contributed by atoms with Gasteiger partial charge in [-0.1, -0.05) is 41.9 Å². The van der Waals surface area contributed by atoms with Gasteiger partial charge in [-0.3, -0.25) is 9.59 Å². The number of halogens is 1. The maximum atomic E-state index is 12.3. The molecular weight excluding hydrogens is 342 g/mol. The number of benzene rings is 2. The van der Waals surface area contributed by atoms with Crippen LogP contribution in [0.3, 0.4) is 0 Å². The largest absolute Gasteiger partial charge is 0.378 e. The Balaban J connectivity index is 1.64. The van der Waals surface area contributed by atoms with Gasteiger partial charge < -0.3 is 10.4 Å². The van der Waals surface area contributed by atoms with Gasteiger partial charge in [0.2, 0.25) is 0 Å². The Hall–Kier alpha value is -2.70. The molecule has 0 bridgehead atoms. The van der Waals surface area contributed by atoms with Gasteiger partial charge in [0.05, 0.1) is 18.1 Å². The summed E-state index contributed by atoms with van der Waals surface area (Å²) >= 11 is 5.85. The molecule has 0 fully saturated rings. The molecule has 1 amide bonds. The predicted octanol–water partition coefficient (Wildman–Crippen LogP) is 1.90. The molecule has 2 aromatic carbocycles. The standard InChI is InChI=1S/C18H16ClN3O3/c19-14-6-3-5-12(10-14)16(23)17(24)20-8-9-22-18(25)15-7-2-1-4-13(15)11-21-22/h1-7,10-11,16,23H,8-9H2,(H,20,24)/t16-/m1/s1. The third kappa shape index (κ3) is 3.87. The van der Waals surface area contributed by atoms with E-state index in [0.717, 1.165) is 5.39 Å².